The fourth-order valence-corrected chi connectivity index (χ4v) is 9.79. The monoisotopic (exact) mass is 607 g/mol. The van der Waals surface area contributed by atoms with E-state index < -0.39 is 27.4 Å². The normalized spacial score (nSPS) is 27.5. The molecule has 0 saturated carbocycles. The van der Waals surface area contributed by atoms with E-state index in [1.807, 2.05) is 36.4 Å². The first kappa shape index (κ1) is 30.4. The molecular weight excluding hydrogens is 570 g/mol. The van der Waals surface area contributed by atoms with E-state index >= 15 is 0 Å². The number of fused-ring (bicyclic) bond motifs is 1. The number of nitrogens with zero attached hydrogens (tertiary/aromatic N) is 3. The number of benzene rings is 2. The molecule has 2 aromatic rings. The van der Waals surface area contributed by atoms with Gasteiger partial charge >= 0.3 is 0 Å². The van der Waals surface area contributed by atoms with Crippen LogP contribution in [0.5, 0.6) is 0 Å². The van der Waals surface area contributed by atoms with Crippen molar-refractivity contribution >= 4 is 46.8 Å². The molecule has 7 nitrogen and oxygen atoms in total. The van der Waals surface area contributed by atoms with Gasteiger partial charge in [0.15, 0.2) is 0 Å². The van der Waals surface area contributed by atoms with Crippen molar-refractivity contribution in [1.29, 1.82) is 0 Å². The number of aliphatic hydroxyl groups is 1. The Morgan fingerprint density at radius 1 is 1.07 bits per heavy atom. The maximum atomic E-state index is 14.6. The lowest BCUT2D eigenvalue weighted by molar-refractivity contribution is -0.145. The first-order valence-electron chi connectivity index (χ1n) is 14.4. The summed E-state index contributed by atoms with van der Waals surface area (Å²) in [6.07, 6.45) is 5.06. The van der Waals surface area contributed by atoms with Crippen molar-refractivity contribution in [2.24, 2.45) is 11.8 Å². The number of anilines is 1. The van der Waals surface area contributed by atoms with E-state index in [0.717, 1.165) is 12.0 Å². The minimum Gasteiger partial charge on any atom is -0.396 e. The summed E-state index contributed by atoms with van der Waals surface area (Å²) in [6, 6.07) is 16.1. The topological polar surface area (TPSA) is 81.2 Å². The lowest BCUT2D eigenvalue weighted by atomic mass is 9.66. The van der Waals surface area contributed by atoms with Gasteiger partial charge in [0.2, 0.25) is 11.8 Å². The summed E-state index contributed by atoms with van der Waals surface area (Å²) in [5, 5.41) is 10.1. The Labute approximate surface area is 257 Å². The highest BCUT2D eigenvalue weighted by molar-refractivity contribution is 8.02. The van der Waals surface area contributed by atoms with Gasteiger partial charge in [-0.05, 0) is 43.9 Å². The standard InChI is InChI=1S/C33H38ClN3O4S/c1-4-18-35(22-23-12-7-6-8-13-23)29(39)26-27-30(40)37(20-11-21-38)28(33(27)17-16-32(26,3)42-33)31(41)36(19-5-2)25-15-10-9-14-24(25)34/h4-10,12-15,26-28,38H,1-2,11,16-22H2,3H3/t26-,27+,28?,32+,33?/m1/s1. The van der Waals surface area contributed by atoms with Crippen molar-refractivity contribution in [3.63, 3.8) is 0 Å². The first-order valence-corrected chi connectivity index (χ1v) is 15.6. The van der Waals surface area contributed by atoms with Gasteiger partial charge in [0.05, 0.1) is 27.3 Å². The zero-order valence-corrected chi connectivity index (χ0v) is 25.5. The molecule has 2 bridgehead atoms. The molecule has 2 unspecified atom stereocenters. The van der Waals surface area contributed by atoms with E-state index in [1.54, 1.807) is 56.8 Å². The number of hydrogen-bond donors (Lipinski definition) is 1. The number of rotatable bonds is 12. The average molecular weight is 608 g/mol. The molecule has 42 heavy (non-hydrogen) atoms. The number of likely N-dealkylation sites (tertiary alicyclic amines) is 1. The summed E-state index contributed by atoms with van der Waals surface area (Å²) >= 11 is 8.19. The SMILES string of the molecule is C=CCN(Cc1ccccc1)C(=O)[C@H]1[C@H]2C(=O)N(CCCO)C(C(=O)N(CC=C)c3ccccc3Cl)C23CC[C@]1(C)S3. The highest BCUT2D eigenvalue weighted by atomic mass is 35.5. The highest BCUT2D eigenvalue weighted by Crippen LogP contribution is 2.71. The second kappa shape index (κ2) is 12.3. The quantitative estimate of drug-likeness (QED) is 0.346. The Morgan fingerprint density at radius 3 is 2.43 bits per heavy atom. The third-order valence-electron chi connectivity index (χ3n) is 8.93. The van der Waals surface area contributed by atoms with Gasteiger partial charge in [-0.25, -0.2) is 0 Å². The molecule has 0 radical (unpaired) electrons. The summed E-state index contributed by atoms with van der Waals surface area (Å²) < 4.78 is -1.27. The van der Waals surface area contributed by atoms with Crippen LogP contribution in [0.1, 0.15) is 31.7 Å². The zero-order chi connectivity index (χ0) is 30.1. The van der Waals surface area contributed by atoms with Gasteiger partial charge in [-0.3, -0.25) is 14.4 Å². The van der Waals surface area contributed by atoms with Crippen LogP contribution in [0.15, 0.2) is 79.9 Å². The van der Waals surface area contributed by atoms with Crippen LogP contribution < -0.4 is 4.90 Å². The van der Waals surface area contributed by atoms with Crippen LogP contribution in [0.3, 0.4) is 0 Å². The van der Waals surface area contributed by atoms with Crippen LogP contribution in [0.4, 0.5) is 5.69 Å². The molecule has 5 atom stereocenters. The fourth-order valence-electron chi connectivity index (χ4n) is 7.21. The molecule has 3 aliphatic heterocycles. The Balaban J connectivity index is 1.56. The maximum Gasteiger partial charge on any atom is 0.251 e. The number of halogens is 1. The Morgan fingerprint density at radius 2 is 1.76 bits per heavy atom. The molecule has 3 heterocycles. The van der Waals surface area contributed by atoms with Gasteiger partial charge in [0.1, 0.15) is 6.04 Å². The molecule has 1 spiro atoms. The lowest BCUT2D eigenvalue weighted by Crippen LogP contribution is -2.55. The average Bonchev–Trinajstić information content (AvgIpc) is 3.55. The molecule has 2 aromatic carbocycles. The van der Waals surface area contributed by atoms with Crippen molar-refractivity contribution in [3.05, 3.63) is 90.5 Å². The second-order valence-electron chi connectivity index (χ2n) is 11.5. The van der Waals surface area contributed by atoms with Gasteiger partial charge in [-0.2, -0.15) is 0 Å². The molecule has 9 heteroatoms. The molecule has 3 amide bonds. The van der Waals surface area contributed by atoms with E-state index in [1.165, 1.54) is 0 Å². The zero-order valence-electron chi connectivity index (χ0n) is 24.0. The molecular formula is C33H38ClN3O4S. The predicted octanol–water partition coefficient (Wildman–Crippen LogP) is 4.94. The highest BCUT2D eigenvalue weighted by Gasteiger charge is 2.77. The smallest absolute Gasteiger partial charge is 0.251 e. The predicted molar refractivity (Wildman–Crippen MR) is 168 cm³/mol. The van der Waals surface area contributed by atoms with Crippen molar-refractivity contribution in [1.82, 2.24) is 9.80 Å². The molecule has 1 N–H and O–H groups in total. The van der Waals surface area contributed by atoms with Crippen LogP contribution in [0, 0.1) is 11.8 Å². The largest absolute Gasteiger partial charge is 0.396 e. The molecule has 0 aromatic heterocycles. The summed E-state index contributed by atoms with van der Waals surface area (Å²) in [6.45, 7) is 10.9. The minimum absolute atomic E-state index is 0.0852. The van der Waals surface area contributed by atoms with Crippen molar-refractivity contribution < 1.29 is 19.5 Å². The van der Waals surface area contributed by atoms with Crippen LogP contribution >= 0.6 is 23.4 Å². The van der Waals surface area contributed by atoms with Gasteiger partial charge in [-0.1, -0.05) is 66.2 Å². The second-order valence-corrected chi connectivity index (χ2v) is 13.8. The fraction of sp³-hybridized carbons (Fsp3) is 0.424. The first-order chi connectivity index (χ1) is 20.2. The summed E-state index contributed by atoms with van der Waals surface area (Å²) in [7, 11) is 0. The number of amides is 3. The third kappa shape index (κ3) is 5.07. The van der Waals surface area contributed by atoms with Crippen molar-refractivity contribution in [2.75, 3.05) is 31.1 Å². The van der Waals surface area contributed by atoms with E-state index in [0.29, 0.717) is 36.6 Å². The van der Waals surface area contributed by atoms with Crippen molar-refractivity contribution in [2.45, 2.75) is 48.3 Å². The molecule has 3 fully saturated rings. The minimum atomic E-state index is -0.802. The Hall–Kier alpha value is -3.07. The summed E-state index contributed by atoms with van der Waals surface area (Å²) in [5.74, 6) is -1.75. The summed E-state index contributed by atoms with van der Waals surface area (Å²) in [5.41, 5.74) is 1.55. The van der Waals surface area contributed by atoms with E-state index in [4.69, 9.17) is 11.6 Å². The van der Waals surface area contributed by atoms with Gasteiger partial charge in [0.25, 0.3) is 5.91 Å². The number of hydrogen-bond acceptors (Lipinski definition) is 5. The lowest BCUT2D eigenvalue weighted by Gasteiger charge is -2.38. The van der Waals surface area contributed by atoms with E-state index in [9.17, 15) is 19.5 Å². The number of carbonyl (C=O) groups excluding carboxylic acids is 3. The third-order valence-corrected chi connectivity index (χ3v) is 11.2. The number of carbonyl (C=O) groups is 3. The van der Waals surface area contributed by atoms with Gasteiger partial charge in [-0.15, -0.1) is 24.9 Å². The molecule has 0 aliphatic carbocycles. The molecule has 3 aliphatic rings. The number of aliphatic hydroxyl groups excluding tert-OH is 1. The van der Waals surface area contributed by atoms with Crippen LogP contribution in [0.2, 0.25) is 5.02 Å². The number of thioether (sulfide) groups is 1. The van der Waals surface area contributed by atoms with E-state index in [2.05, 4.69) is 20.1 Å². The van der Waals surface area contributed by atoms with Gasteiger partial charge < -0.3 is 19.8 Å². The molecule has 222 valence electrons. The van der Waals surface area contributed by atoms with E-state index in [-0.39, 0.29) is 37.4 Å². The van der Waals surface area contributed by atoms with Crippen LogP contribution in [-0.2, 0) is 20.9 Å². The maximum absolute atomic E-state index is 14.6. The number of para-hydroxylation sites is 1. The molecule has 5 rings (SSSR count). The summed E-state index contributed by atoms with van der Waals surface area (Å²) in [4.78, 5) is 48.5. The Bertz CT molecular complexity index is 1370. The Kier molecular flexibility index (Phi) is 8.88. The van der Waals surface area contributed by atoms with Gasteiger partial charge in [0, 0.05) is 37.5 Å². The van der Waals surface area contributed by atoms with Crippen molar-refractivity contribution in [3.8, 4) is 0 Å². The van der Waals surface area contributed by atoms with Crippen LogP contribution in [-0.4, -0.2) is 74.4 Å². The molecule has 3 saturated heterocycles. The van der Waals surface area contributed by atoms with Crippen LogP contribution in [0.25, 0.3) is 0 Å².